The lowest BCUT2D eigenvalue weighted by Crippen LogP contribution is -2.18. The molecule has 0 saturated heterocycles. The Kier molecular flexibility index (Phi) is 5.60. The first-order valence-electron chi connectivity index (χ1n) is 6.57. The lowest BCUT2D eigenvalue weighted by Gasteiger charge is -2.16. The highest BCUT2D eigenvalue weighted by molar-refractivity contribution is 7.98. The third-order valence-corrected chi connectivity index (χ3v) is 3.77. The molecule has 0 aliphatic heterocycles. The van der Waals surface area contributed by atoms with E-state index in [0.29, 0.717) is 18.3 Å². The van der Waals surface area contributed by atoms with E-state index in [1.807, 2.05) is 13.3 Å². The molecule has 0 amide bonds. The maximum atomic E-state index is 5.45. The summed E-state index contributed by atoms with van der Waals surface area (Å²) in [6, 6.07) is 6.24. The summed E-state index contributed by atoms with van der Waals surface area (Å²) >= 11 is 1.67. The number of nitrogens with zero attached hydrogens (tertiary/aromatic N) is 3. The zero-order chi connectivity index (χ0) is 15.2. The summed E-state index contributed by atoms with van der Waals surface area (Å²) in [6.45, 7) is 1.65. The minimum atomic E-state index is 0.268. The Bertz CT molecular complexity index is 588. The van der Waals surface area contributed by atoms with E-state index in [1.54, 1.807) is 18.9 Å². The summed E-state index contributed by atoms with van der Waals surface area (Å²) in [5, 5.41) is 3.89. The molecule has 6 nitrogen and oxygen atoms in total. The van der Waals surface area contributed by atoms with Crippen molar-refractivity contribution in [3.05, 3.63) is 35.5 Å². The highest BCUT2D eigenvalue weighted by Gasteiger charge is 2.10. The number of aromatic nitrogens is 2. The van der Waals surface area contributed by atoms with Gasteiger partial charge in [0, 0.05) is 11.4 Å². The van der Waals surface area contributed by atoms with Crippen LogP contribution in [0.4, 0.5) is 0 Å². The molecular weight excluding hydrogens is 288 g/mol. The number of methoxy groups -OCH3 is 1. The second kappa shape index (κ2) is 7.44. The van der Waals surface area contributed by atoms with E-state index < -0.39 is 0 Å². The first kappa shape index (κ1) is 15.8. The molecule has 0 spiro atoms. The number of nitrogens with two attached hydrogens (primary N) is 1. The van der Waals surface area contributed by atoms with Gasteiger partial charge in [0.2, 0.25) is 5.89 Å². The number of rotatable bonds is 7. The van der Waals surface area contributed by atoms with Crippen LogP contribution in [0.5, 0.6) is 5.75 Å². The molecule has 2 N–H and O–H groups in total. The van der Waals surface area contributed by atoms with Crippen LogP contribution < -0.4 is 10.5 Å². The van der Waals surface area contributed by atoms with Gasteiger partial charge in [-0.25, -0.2) is 0 Å². The summed E-state index contributed by atoms with van der Waals surface area (Å²) in [5.74, 6) is 2.01. The van der Waals surface area contributed by atoms with Crippen LogP contribution in [0, 0.1) is 0 Å². The summed E-state index contributed by atoms with van der Waals surface area (Å²) in [4.78, 5) is 7.44. The van der Waals surface area contributed by atoms with Crippen LogP contribution in [-0.2, 0) is 19.6 Å². The van der Waals surface area contributed by atoms with Gasteiger partial charge in [-0.05, 0) is 31.0 Å². The zero-order valence-electron chi connectivity index (χ0n) is 12.5. The molecule has 7 heteroatoms. The molecule has 1 heterocycles. The third-order valence-electron chi connectivity index (χ3n) is 3.00. The number of hydrogen-bond donors (Lipinski definition) is 1. The summed E-state index contributed by atoms with van der Waals surface area (Å²) in [7, 11) is 3.70. The Labute approximate surface area is 128 Å². The van der Waals surface area contributed by atoms with Gasteiger partial charge >= 0.3 is 0 Å². The molecular formula is C14H20N4O2S. The van der Waals surface area contributed by atoms with E-state index >= 15 is 0 Å². The second-order valence-electron chi connectivity index (χ2n) is 4.67. The Balaban J connectivity index is 2.00. The molecule has 2 aromatic rings. The van der Waals surface area contributed by atoms with E-state index in [2.05, 4.69) is 33.2 Å². The molecule has 0 bridgehead atoms. The highest BCUT2D eigenvalue weighted by Crippen LogP contribution is 2.28. The van der Waals surface area contributed by atoms with E-state index in [1.165, 1.54) is 5.56 Å². The standard InChI is InChI=1S/C14H20N4O2S/c1-18(9-13-16-14(7-15)20-17-13)8-10-4-5-12(21-3)11(6-10)19-2/h4-6H,7-9,15H2,1-3H3. The molecule has 0 fully saturated rings. The largest absolute Gasteiger partial charge is 0.496 e. The quantitative estimate of drug-likeness (QED) is 0.783. The molecule has 0 unspecified atom stereocenters. The van der Waals surface area contributed by atoms with Crippen LogP contribution in [0.15, 0.2) is 27.6 Å². The smallest absolute Gasteiger partial charge is 0.240 e. The minimum Gasteiger partial charge on any atom is -0.496 e. The van der Waals surface area contributed by atoms with Gasteiger partial charge in [-0.1, -0.05) is 11.2 Å². The molecule has 0 aliphatic carbocycles. The van der Waals surface area contributed by atoms with Gasteiger partial charge in [0.1, 0.15) is 5.75 Å². The lowest BCUT2D eigenvalue weighted by molar-refractivity contribution is 0.299. The number of benzene rings is 1. The number of ether oxygens (including phenoxy) is 1. The average Bonchev–Trinajstić information content (AvgIpc) is 2.94. The van der Waals surface area contributed by atoms with Crippen LogP contribution in [0.1, 0.15) is 17.3 Å². The topological polar surface area (TPSA) is 77.4 Å². The predicted molar refractivity (Wildman–Crippen MR) is 82.1 cm³/mol. The van der Waals surface area contributed by atoms with Crippen molar-refractivity contribution in [3.63, 3.8) is 0 Å². The van der Waals surface area contributed by atoms with Crippen molar-refractivity contribution >= 4 is 11.8 Å². The average molecular weight is 308 g/mol. The monoisotopic (exact) mass is 308 g/mol. The summed E-state index contributed by atoms with van der Waals surface area (Å²) in [6.07, 6.45) is 2.04. The predicted octanol–water partition coefficient (Wildman–Crippen LogP) is 1.89. The van der Waals surface area contributed by atoms with Gasteiger partial charge in [-0.2, -0.15) is 4.98 Å². The number of thioether (sulfide) groups is 1. The van der Waals surface area contributed by atoms with Crippen molar-refractivity contribution in [3.8, 4) is 5.75 Å². The van der Waals surface area contributed by atoms with Gasteiger partial charge in [-0.15, -0.1) is 11.8 Å². The molecule has 0 saturated carbocycles. The first-order valence-corrected chi connectivity index (χ1v) is 7.79. The van der Waals surface area contributed by atoms with E-state index in [9.17, 15) is 0 Å². The third kappa shape index (κ3) is 4.20. The fourth-order valence-corrected chi connectivity index (χ4v) is 2.57. The first-order chi connectivity index (χ1) is 10.2. The van der Waals surface area contributed by atoms with E-state index in [0.717, 1.165) is 17.2 Å². The van der Waals surface area contributed by atoms with Crippen LogP contribution >= 0.6 is 11.8 Å². The summed E-state index contributed by atoms with van der Waals surface area (Å²) in [5.41, 5.74) is 6.63. The molecule has 21 heavy (non-hydrogen) atoms. The maximum Gasteiger partial charge on any atom is 0.240 e. The van der Waals surface area contributed by atoms with Crippen molar-refractivity contribution in [1.29, 1.82) is 0 Å². The molecule has 114 valence electrons. The Hall–Kier alpha value is -1.57. The fourth-order valence-electron chi connectivity index (χ4n) is 2.03. The lowest BCUT2D eigenvalue weighted by atomic mass is 10.2. The van der Waals surface area contributed by atoms with Gasteiger partial charge in [0.25, 0.3) is 0 Å². The minimum absolute atomic E-state index is 0.268. The second-order valence-corrected chi connectivity index (χ2v) is 5.52. The Morgan fingerprint density at radius 1 is 1.38 bits per heavy atom. The number of hydrogen-bond acceptors (Lipinski definition) is 7. The highest BCUT2D eigenvalue weighted by atomic mass is 32.2. The SMILES string of the molecule is COc1cc(CN(C)Cc2noc(CN)n2)ccc1SC. The van der Waals surface area contributed by atoms with Gasteiger partial charge in [0.15, 0.2) is 5.82 Å². The molecule has 0 radical (unpaired) electrons. The molecule has 1 aromatic carbocycles. The Morgan fingerprint density at radius 3 is 2.81 bits per heavy atom. The Morgan fingerprint density at radius 2 is 2.19 bits per heavy atom. The molecule has 1 aromatic heterocycles. The molecule has 2 rings (SSSR count). The van der Waals surface area contributed by atoms with Crippen molar-refractivity contribution in [2.75, 3.05) is 20.4 Å². The zero-order valence-corrected chi connectivity index (χ0v) is 13.3. The summed E-state index contributed by atoms with van der Waals surface area (Å²) < 4.78 is 10.4. The van der Waals surface area contributed by atoms with Gasteiger partial charge in [0.05, 0.1) is 20.2 Å². The maximum absolute atomic E-state index is 5.45. The van der Waals surface area contributed by atoms with Crippen LogP contribution in [0.2, 0.25) is 0 Å². The van der Waals surface area contributed by atoms with Crippen LogP contribution in [0.3, 0.4) is 0 Å². The van der Waals surface area contributed by atoms with Crippen molar-refractivity contribution in [2.24, 2.45) is 5.73 Å². The van der Waals surface area contributed by atoms with Crippen molar-refractivity contribution in [1.82, 2.24) is 15.0 Å². The van der Waals surface area contributed by atoms with Crippen LogP contribution in [0.25, 0.3) is 0 Å². The molecule has 0 atom stereocenters. The van der Waals surface area contributed by atoms with Gasteiger partial charge in [-0.3, -0.25) is 4.90 Å². The fraction of sp³-hybridized carbons (Fsp3) is 0.429. The molecule has 0 aliphatic rings. The van der Waals surface area contributed by atoms with Crippen molar-refractivity contribution in [2.45, 2.75) is 24.5 Å². The van der Waals surface area contributed by atoms with Crippen molar-refractivity contribution < 1.29 is 9.26 Å². The van der Waals surface area contributed by atoms with Crippen LogP contribution in [-0.4, -0.2) is 35.5 Å². The van der Waals surface area contributed by atoms with E-state index in [-0.39, 0.29) is 6.54 Å². The van der Waals surface area contributed by atoms with Gasteiger partial charge < -0.3 is 15.0 Å². The normalized spacial score (nSPS) is 11.1. The van der Waals surface area contributed by atoms with E-state index in [4.69, 9.17) is 15.0 Å².